The van der Waals surface area contributed by atoms with Crippen LogP contribution in [-0.2, 0) is 0 Å². The molecule has 0 unspecified atom stereocenters. The van der Waals surface area contributed by atoms with Crippen LogP contribution in [0.1, 0.15) is 58.3 Å². The van der Waals surface area contributed by atoms with E-state index < -0.39 is 0 Å². The first kappa shape index (κ1) is 11.4. The fourth-order valence-electron chi connectivity index (χ4n) is 3.00. The van der Waals surface area contributed by atoms with Gasteiger partial charge < -0.3 is 11.1 Å². The Bertz CT molecular complexity index is 203. The third-order valence-corrected chi connectivity index (χ3v) is 4.44. The summed E-state index contributed by atoms with van der Waals surface area (Å²) >= 11 is 0. The second kappa shape index (κ2) is 4.42. The average molecular weight is 210 g/mol. The number of nitrogens with one attached hydrogen (secondary N) is 1. The van der Waals surface area contributed by atoms with E-state index in [1.165, 1.54) is 57.9 Å². The van der Waals surface area contributed by atoms with Crippen molar-refractivity contribution < 1.29 is 0 Å². The van der Waals surface area contributed by atoms with Crippen molar-refractivity contribution in [3.05, 3.63) is 0 Å². The van der Waals surface area contributed by atoms with E-state index in [2.05, 4.69) is 12.2 Å². The predicted octanol–water partition coefficient (Wildman–Crippen LogP) is 2.43. The van der Waals surface area contributed by atoms with Crippen LogP contribution in [0, 0.1) is 5.41 Å². The Morgan fingerprint density at radius 1 is 0.933 bits per heavy atom. The lowest BCUT2D eigenvalue weighted by atomic mass is 9.70. The van der Waals surface area contributed by atoms with Crippen LogP contribution >= 0.6 is 0 Å². The molecule has 0 aromatic carbocycles. The van der Waals surface area contributed by atoms with Gasteiger partial charge in [-0.3, -0.25) is 0 Å². The highest BCUT2D eigenvalue weighted by atomic mass is 14.9. The SMILES string of the molecule is CC1(CNCC2(N)CCCCC2)CCC1. The fraction of sp³-hybridized carbons (Fsp3) is 1.00. The van der Waals surface area contributed by atoms with Crippen LogP contribution in [0.3, 0.4) is 0 Å². The molecule has 0 aliphatic heterocycles. The zero-order valence-electron chi connectivity index (χ0n) is 10.1. The van der Waals surface area contributed by atoms with Gasteiger partial charge in [-0.05, 0) is 31.1 Å². The zero-order chi connectivity index (χ0) is 10.8. The zero-order valence-corrected chi connectivity index (χ0v) is 10.1. The summed E-state index contributed by atoms with van der Waals surface area (Å²) in [6.45, 7) is 4.60. The number of rotatable bonds is 4. The smallest absolute Gasteiger partial charge is 0.0280 e. The van der Waals surface area contributed by atoms with E-state index in [1.807, 2.05) is 0 Å². The minimum atomic E-state index is 0.109. The van der Waals surface area contributed by atoms with Crippen LogP contribution in [0.2, 0.25) is 0 Å². The molecule has 0 heterocycles. The highest BCUT2D eigenvalue weighted by Crippen LogP contribution is 2.39. The molecule has 0 radical (unpaired) electrons. The number of hydrogen-bond acceptors (Lipinski definition) is 2. The van der Waals surface area contributed by atoms with Gasteiger partial charge in [0, 0.05) is 18.6 Å². The standard InChI is InChI=1S/C13H26N2/c1-12(6-5-7-12)10-15-11-13(14)8-3-2-4-9-13/h15H,2-11,14H2,1H3. The molecular formula is C13H26N2. The lowest BCUT2D eigenvalue weighted by Crippen LogP contribution is -2.52. The maximum atomic E-state index is 6.39. The van der Waals surface area contributed by atoms with Crippen LogP contribution in [-0.4, -0.2) is 18.6 Å². The Kier molecular flexibility index (Phi) is 3.36. The molecule has 2 aliphatic carbocycles. The van der Waals surface area contributed by atoms with Crippen LogP contribution in [0.4, 0.5) is 0 Å². The van der Waals surface area contributed by atoms with Crippen molar-refractivity contribution in [2.45, 2.75) is 63.8 Å². The Morgan fingerprint density at radius 3 is 2.13 bits per heavy atom. The number of nitrogens with two attached hydrogens (primary N) is 1. The second-order valence-electron chi connectivity index (χ2n) is 6.19. The predicted molar refractivity (Wildman–Crippen MR) is 64.8 cm³/mol. The van der Waals surface area contributed by atoms with Crippen LogP contribution in [0.5, 0.6) is 0 Å². The van der Waals surface area contributed by atoms with E-state index in [1.54, 1.807) is 0 Å². The van der Waals surface area contributed by atoms with Crippen molar-refractivity contribution in [2.75, 3.05) is 13.1 Å². The van der Waals surface area contributed by atoms with Gasteiger partial charge >= 0.3 is 0 Å². The van der Waals surface area contributed by atoms with Gasteiger partial charge in [0.15, 0.2) is 0 Å². The van der Waals surface area contributed by atoms with E-state index in [9.17, 15) is 0 Å². The molecule has 3 N–H and O–H groups in total. The molecule has 0 aromatic rings. The molecule has 2 saturated carbocycles. The van der Waals surface area contributed by atoms with E-state index in [0.29, 0.717) is 5.41 Å². The quantitative estimate of drug-likeness (QED) is 0.748. The summed E-state index contributed by atoms with van der Waals surface area (Å²) < 4.78 is 0. The van der Waals surface area contributed by atoms with Crippen LogP contribution in [0.15, 0.2) is 0 Å². The first-order chi connectivity index (χ1) is 7.12. The van der Waals surface area contributed by atoms with Gasteiger partial charge in [0.2, 0.25) is 0 Å². The van der Waals surface area contributed by atoms with Crippen LogP contribution in [0.25, 0.3) is 0 Å². The van der Waals surface area contributed by atoms with Gasteiger partial charge in [-0.1, -0.05) is 32.6 Å². The van der Waals surface area contributed by atoms with E-state index in [-0.39, 0.29) is 5.54 Å². The Balaban J connectivity index is 1.67. The third-order valence-electron chi connectivity index (χ3n) is 4.44. The minimum Gasteiger partial charge on any atom is -0.324 e. The average Bonchev–Trinajstić information content (AvgIpc) is 2.16. The summed E-state index contributed by atoms with van der Waals surface area (Å²) in [7, 11) is 0. The van der Waals surface area contributed by atoms with Gasteiger partial charge in [0.05, 0.1) is 0 Å². The summed E-state index contributed by atoms with van der Waals surface area (Å²) in [4.78, 5) is 0. The summed E-state index contributed by atoms with van der Waals surface area (Å²) in [5.41, 5.74) is 7.08. The molecule has 2 aliphatic rings. The lowest BCUT2D eigenvalue weighted by molar-refractivity contribution is 0.149. The summed E-state index contributed by atoms with van der Waals surface area (Å²) in [5, 5.41) is 3.61. The van der Waals surface area contributed by atoms with Crippen molar-refractivity contribution >= 4 is 0 Å². The monoisotopic (exact) mass is 210 g/mol. The topological polar surface area (TPSA) is 38.0 Å². The molecule has 88 valence electrons. The molecular weight excluding hydrogens is 184 g/mol. The molecule has 2 rings (SSSR count). The fourth-order valence-corrected chi connectivity index (χ4v) is 3.00. The van der Waals surface area contributed by atoms with E-state index in [0.717, 1.165) is 6.54 Å². The largest absolute Gasteiger partial charge is 0.324 e. The van der Waals surface area contributed by atoms with E-state index >= 15 is 0 Å². The molecule has 0 bridgehead atoms. The summed E-state index contributed by atoms with van der Waals surface area (Å²) in [6.07, 6.45) is 10.7. The van der Waals surface area contributed by atoms with Crippen molar-refractivity contribution in [3.63, 3.8) is 0 Å². The summed E-state index contributed by atoms with van der Waals surface area (Å²) in [5.74, 6) is 0. The maximum Gasteiger partial charge on any atom is 0.0280 e. The molecule has 0 saturated heterocycles. The lowest BCUT2D eigenvalue weighted by Gasteiger charge is -2.40. The van der Waals surface area contributed by atoms with Gasteiger partial charge in [0.1, 0.15) is 0 Å². The number of hydrogen-bond donors (Lipinski definition) is 2. The highest BCUT2D eigenvalue weighted by Gasteiger charge is 2.33. The van der Waals surface area contributed by atoms with Gasteiger partial charge in [-0.15, -0.1) is 0 Å². The first-order valence-corrected chi connectivity index (χ1v) is 6.62. The molecule has 15 heavy (non-hydrogen) atoms. The molecule has 0 aromatic heterocycles. The van der Waals surface area contributed by atoms with Crippen LogP contribution < -0.4 is 11.1 Å². The van der Waals surface area contributed by atoms with Crippen molar-refractivity contribution in [2.24, 2.45) is 11.1 Å². The highest BCUT2D eigenvalue weighted by molar-refractivity contribution is 4.91. The van der Waals surface area contributed by atoms with Gasteiger partial charge in [-0.25, -0.2) is 0 Å². The normalized spacial score (nSPS) is 28.4. The molecule has 2 fully saturated rings. The second-order valence-corrected chi connectivity index (χ2v) is 6.19. The van der Waals surface area contributed by atoms with Gasteiger partial charge in [-0.2, -0.15) is 0 Å². The Morgan fingerprint density at radius 2 is 1.60 bits per heavy atom. The Hall–Kier alpha value is -0.0800. The van der Waals surface area contributed by atoms with Crippen molar-refractivity contribution in [1.29, 1.82) is 0 Å². The van der Waals surface area contributed by atoms with E-state index in [4.69, 9.17) is 5.73 Å². The Labute approximate surface area is 94.0 Å². The first-order valence-electron chi connectivity index (χ1n) is 6.62. The minimum absolute atomic E-state index is 0.109. The molecule has 2 nitrogen and oxygen atoms in total. The molecule has 0 spiro atoms. The van der Waals surface area contributed by atoms with Gasteiger partial charge in [0.25, 0.3) is 0 Å². The maximum absolute atomic E-state index is 6.39. The molecule has 0 amide bonds. The summed E-state index contributed by atoms with van der Waals surface area (Å²) in [6, 6.07) is 0. The molecule has 0 atom stereocenters. The van der Waals surface area contributed by atoms with Crippen molar-refractivity contribution in [1.82, 2.24) is 5.32 Å². The molecule has 2 heteroatoms. The van der Waals surface area contributed by atoms with Crippen molar-refractivity contribution in [3.8, 4) is 0 Å². The third kappa shape index (κ3) is 2.94.